The number of aryl methyl sites for hydroxylation is 1. The Hall–Kier alpha value is -1.77. The van der Waals surface area contributed by atoms with Crippen molar-refractivity contribution in [3.63, 3.8) is 0 Å². The summed E-state index contributed by atoms with van der Waals surface area (Å²) in [7, 11) is 0. The minimum atomic E-state index is 0.404. The van der Waals surface area contributed by atoms with E-state index in [0.717, 1.165) is 11.1 Å². The van der Waals surface area contributed by atoms with Crippen LogP contribution in [-0.2, 0) is 0 Å². The van der Waals surface area contributed by atoms with Gasteiger partial charge in [0, 0.05) is 11.1 Å². The van der Waals surface area contributed by atoms with E-state index in [4.69, 9.17) is 0 Å². The Labute approximate surface area is 75.4 Å². The van der Waals surface area contributed by atoms with E-state index >= 15 is 0 Å². The van der Waals surface area contributed by atoms with Crippen LogP contribution >= 0.6 is 0 Å². The van der Waals surface area contributed by atoms with Crippen LogP contribution in [0, 0.1) is 11.8 Å². The smallest absolute Gasteiger partial charge is 0.134 e. The van der Waals surface area contributed by atoms with Gasteiger partial charge in [0.2, 0.25) is 0 Å². The Morgan fingerprint density at radius 3 is 2.85 bits per heavy atom. The quantitative estimate of drug-likeness (QED) is 0.620. The molecule has 1 aromatic heterocycles. The first kappa shape index (κ1) is 7.86. The second-order valence-corrected chi connectivity index (χ2v) is 2.89. The summed E-state index contributed by atoms with van der Waals surface area (Å²) in [6, 6.07) is 9.23. The number of nitroso groups, excluding NO2 is 1. The van der Waals surface area contributed by atoms with Gasteiger partial charge in [0.25, 0.3) is 0 Å². The molecule has 13 heavy (non-hydrogen) atoms. The van der Waals surface area contributed by atoms with Gasteiger partial charge in [0.1, 0.15) is 5.69 Å². The first-order valence-corrected chi connectivity index (χ1v) is 4.01. The van der Waals surface area contributed by atoms with Crippen molar-refractivity contribution >= 4 is 16.6 Å². The normalized spacial score (nSPS) is 10.2. The third kappa shape index (κ3) is 1.28. The molecule has 0 atom stereocenters. The van der Waals surface area contributed by atoms with Crippen molar-refractivity contribution in [3.8, 4) is 0 Å². The molecule has 64 valence electrons. The molecular formula is C10H8N2O. The van der Waals surface area contributed by atoms with Crippen molar-refractivity contribution in [3.05, 3.63) is 40.9 Å². The molecule has 0 bridgehead atoms. The van der Waals surface area contributed by atoms with Crippen molar-refractivity contribution in [2.75, 3.05) is 0 Å². The molecule has 2 rings (SSSR count). The number of para-hydroxylation sites is 1. The fourth-order valence-electron chi connectivity index (χ4n) is 1.30. The number of benzene rings is 1. The van der Waals surface area contributed by atoms with Crippen molar-refractivity contribution < 1.29 is 0 Å². The third-order valence-corrected chi connectivity index (χ3v) is 1.94. The molecule has 0 N–H and O–H groups in total. The molecule has 2 aromatic rings. The van der Waals surface area contributed by atoms with Crippen LogP contribution in [-0.4, -0.2) is 4.98 Å². The second-order valence-electron chi connectivity index (χ2n) is 2.89. The van der Waals surface area contributed by atoms with Gasteiger partial charge < -0.3 is 0 Å². The number of hydrogen-bond donors (Lipinski definition) is 0. The van der Waals surface area contributed by atoms with E-state index in [1.54, 1.807) is 12.1 Å². The topological polar surface area (TPSA) is 42.3 Å². The van der Waals surface area contributed by atoms with Gasteiger partial charge in [-0.15, -0.1) is 4.91 Å². The van der Waals surface area contributed by atoms with Crippen molar-refractivity contribution in [1.29, 1.82) is 0 Å². The number of nitrogens with zero attached hydrogens (tertiary/aromatic N) is 2. The molecule has 1 aromatic carbocycles. The summed E-state index contributed by atoms with van der Waals surface area (Å²) in [4.78, 5) is 14.7. The van der Waals surface area contributed by atoms with Gasteiger partial charge in [-0.05, 0) is 24.2 Å². The van der Waals surface area contributed by atoms with Crippen LogP contribution in [0.1, 0.15) is 5.69 Å². The van der Waals surface area contributed by atoms with Crippen LogP contribution < -0.4 is 0 Å². The number of fused-ring (bicyclic) bond motifs is 1. The zero-order chi connectivity index (χ0) is 9.26. The Kier molecular flexibility index (Phi) is 1.77. The first-order valence-electron chi connectivity index (χ1n) is 4.01. The van der Waals surface area contributed by atoms with Crippen LogP contribution in [0.3, 0.4) is 0 Å². The molecular weight excluding hydrogens is 164 g/mol. The summed E-state index contributed by atoms with van der Waals surface area (Å²) >= 11 is 0. The molecule has 0 aliphatic carbocycles. The van der Waals surface area contributed by atoms with Gasteiger partial charge in [-0.1, -0.05) is 18.2 Å². The highest BCUT2D eigenvalue weighted by atomic mass is 16.3. The van der Waals surface area contributed by atoms with Crippen LogP contribution in [0.15, 0.2) is 35.5 Å². The maximum absolute atomic E-state index is 10.4. The molecule has 0 saturated heterocycles. The van der Waals surface area contributed by atoms with Crippen molar-refractivity contribution in [2.24, 2.45) is 5.18 Å². The highest BCUT2D eigenvalue weighted by Gasteiger charge is 2.01. The van der Waals surface area contributed by atoms with E-state index < -0.39 is 0 Å². The molecule has 3 heteroatoms. The number of hydrogen-bond acceptors (Lipinski definition) is 3. The molecule has 0 radical (unpaired) electrons. The Bertz CT molecular complexity index is 465. The summed E-state index contributed by atoms with van der Waals surface area (Å²) < 4.78 is 0. The molecule has 0 amide bonds. The van der Waals surface area contributed by atoms with Crippen LogP contribution in [0.2, 0.25) is 0 Å². The zero-order valence-electron chi connectivity index (χ0n) is 7.19. The lowest BCUT2D eigenvalue weighted by molar-refractivity contribution is 1.25. The van der Waals surface area contributed by atoms with E-state index in [2.05, 4.69) is 10.2 Å². The molecule has 0 saturated carbocycles. The molecule has 0 aliphatic heterocycles. The van der Waals surface area contributed by atoms with Gasteiger partial charge in [0.05, 0.1) is 5.52 Å². The molecule has 0 unspecified atom stereocenters. The maximum Gasteiger partial charge on any atom is 0.134 e. The third-order valence-electron chi connectivity index (χ3n) is 1.94. The van der Waals surface area contributed by atoms with E-state index in [1.165, 1.54) is 0 Å². The van der Waals surface area contributed by atoms with Crippen LogP contribution in [0.25, 0.3) is 10.9 Å². The Balaban J connectivity index is 2.86. The van der Waals surface area contributed by atoms with E-state index in [9.17, 15) is 4.91 Å². The number of aromatic nitrogens is 1. The first-order chi connectivity index (χ1) is 6.31. The summed E-state index contributed by atoms with van der Waals surface area (Å²) in [6.07, 6.45) is 0. The molecule has 0 aliphatic rings. The predicted octanol–water partition coefficient (Wildman–Crippen LogP) is 2.94. The SMILES string of the molecule is Cc1ccc2cccc(N=O)c2n1. The fraction of sp³-hybridized carbons (Fsp3) is 0.100. The maximum atomic E-state index is 10.4. The van der Waals surface area contributed by atoms with Crippen molar-refractivity contribution in [2.45, 2.75) is 6.92 Å². The van der Waals surface area contributed by atoms with Gasteiger partial charge in [0.15, 0.2) is 0 Å². The Morgan fingerprint density at radius 2 is 2.08 bits per heavy atom. The minimum absolute atomic E-state index is 0.404. The fourth-order valence-corrected chi connectivity index (χ4v) is 1.30. The molecule has 3 nitrogen and oxygen atoms in total. The van der Waals surface area contributed by atoms with Crippen LogP contribution in [0.5, 0.6) is 0 Å². The number of rotatable bonds is 1. The molecule has 0 fully saturated rings. The van der Waals surface area contributed by atoms with Gasteiger partial charge in [-0.2, -0.15) is 0 Å². The summed E-state index contributed by atoms with van der Waals surface area (Å²) in [6.45, 7) is 1.89. The minimum Gasteiger partial charge on any atom is -0.251 e. The summed E-state index contributed by atoms with van der Waals surface area (Å²) in [5.41, 5.74) is 1.97. The summed E-state index contributed by atoms with van der Waals surface area (Å²) in [5, 5.41) is 3.87. The zero-order valence-corrected chi connectivity index (χ0v) is 7.19. The van der Waals surface area contributed by atoms with Gasteiger partial charge in [-0.3, -0.25) is 4.98 Å². The van der Waals surface area contributed by atoms with E-state index in [0.29, 0.717) is 11.2 Å². The highest BCUT2D eigenvalue weighted by molar-refractivity contribution is 5.88. The van der Waals surface area contributed by atoms with E-state index in [-0.39, 0.29) is 0 Å². The average molecular weight is 172 g/mol. The second kappa shape index (κ2) is 2.94. The summed E-state index contributed by atoms with van der Waals surface area (Å²) in [5.74, 6) is 0. The largest absolute Gasteiger partial charge is 0.251 e. The van der Waals surface area contributed by atoms with Crippen molar-refractivity contribution in [1.82, 2.24) is 4.98 Å². The van der Waals surface area contributed by atoms with Crippen LogP contribution in [0.4, 0.5) is 5.69 Å². The lowest BCUT2D eigenvalue weighted by Crippen LogP contribution is -1.82. The number of pyridine rings is 1. The lowest BCUT2D eigenvalue weighted by atomic mass is 10.2. The van der Waals surface area contributed by atoms with Gasteiger partial charge in [-0.25, -0.2) is 0 Å². The average Bonchev–Trinajstić information content (AvgIpc) is 2.17. The predicted molar refractivity (Wildman–Crippen MR) is 51.9 cm³/mol. The lowest BCUT2D eigenvalue weighted by Gasteiger charge is -1.99. The highest BCUT2D eigenvalue weighted by Crippen LogP contribution is 2.23. The molecule has 0 spiro atoms. The monoisotopic (exact) mass is 172 g/mol. The standard InChI is InChI=1S/C10H8N2O/c1-7-5-6-8-3-2-4-9(12-13)10(8)11-7/h2-6H,1H3. The molecule has 1 heterocycles. The van der Waals surface area contributed by atoms with E-state index in [1.807, 2.05) is 25.1 Å². The Morgan fingerprint density at radius 1 is 1.23 bits per heavy atom. The van der Waals surface area contributed by atoms with Gasteiger partial charge >= 0.3 is 0 Å².